The lowest BCUT2D eigenvalue weighted by molar-refractivity contribution is 0.0908. The van der Waals surface area contributed by atoms with E-state index in [-0.39, 0.29) is 11.9 Å². The Morgan fingerprint density at radius 1 is 1.25 bits per heavy atom. The molecule has 0 aromatic carbocycles. The predicted octanol–water partition coefficient (Wildman–Crippen LogP) is 1.66. The molecule has 0 spiro atoms. The summed E-state index contributed by atoms with van der Waals surface area (Å²) in [4.78, 5) is 27.1. The van der Waals surface area contributed by atoms with E-state index in [1.807, 2.05) is 32.1 Å². The number of pyridine rings is 1. The lowest BCUT2D eigenvalue weighted by atomic mass is 9.78. The van der Waals surface area contributed by atoms with Gasteiger partial charge < -0.3 is 15.5 Å². The molecule has 2 N–H and O–H groups in total. The largest absolute Gasteiger partial charge is 0.373 e. The summed E-state index contributed by atoms with van der Waals surface area (Å²) in [6, 6.07) is 5.72. The van der Waals surface area contributed by atoms with E-state index in [9.17, 15) is 4.79 Å². The van der Waals surface area contributed by atoms with Gasteiger partial charge >= 0.3 is 0 Å². The molecule has 0 atom stereocenters. The fourth-order valence-corrected chi connectivity index (χ4v) is 2.90. The van der Waals surface area contributed by atoms with E-state index in [1.54, 1.807) is 24.7 Å². The SMILES string of the molecule is CNc1cc(C2CC(NC(=O)c3cccnc3N(C)C)C2)ncn1. The van der Waals surface area contributed by atoms with E-state index in [0.29, 0.717) is 17.3 Å². The fraction of sp³-hybridized carbons (Fsp3) is 0.412. The first-order valence-corrected chi connectivity index (χ1v) is 8.01. The number of anilines is 2. The van der Waals surface area contributed by atoms with Crippen molar-refractivity contribution in [2.45, 2.75) is 24.8 Å². The zero-order valence-electron chi connectivity index (χ0n) is 14.2. The minimum atomic E-state index is -0.0751. The van der Waals surface area contributed by atoms with Crippen molar-refractivity contribution < 1.29 is 4.79 Å². The highest BCUT2D eigenvalue weighted by Gasteiger charge is 2.33. The number of hydrogen-bond donors (Lipinski definition) is 2. The third-order valence-corrected chi connectivity index (χ3v) is 4.29. The molecule has 0 unspecified atom stereocenters. The third-order valence-electron chi connectivity index (χ3n) is 4.29. The van der Waals surface area contributed by atoms with Crippen molar-refractivity contribution in [2.75, 3.05) is 31.4 Å². The number of amides is 1. The Bertz CT molecular complexity index is 727. The van der Waals surface area contributed by atoms with Gasteiger partial charge in [-0.05, 0) is 25.0 Å². The van der Waals surface area contributed by atoms with Crippen molar-refractivity contribution in [3.63, 3.8) is 0 Å². The Labute approximate surface area is 141 Å². The molecule has 1 aliphatic rings. The second-order valence-corrected chi connectivity index (χ2v) is 6.19. The van der Waals surface area contributed by atoms with E-state index in [4.69, 9.17) is 0 Å². The highest BCUT2D eigenvalue weighted by molar-refractivity contribution is 5.99. The molecule has 1 amide bonds. The van der Waals surface area contributed by atoms with Crippen molar-refractivity contribution >= 4 is 17.5 Å². The Morgan fingerprint density at radius 3 is 2.75 bits per heavy atom. The first kappa shape index (κ1) is 16.2. The average molecular weight is 326 g/mol. The van der Waals surface area contributed by atoms with Gasteiger partial charge in [0, 0.05) is 51.1 Å². The summed E-state index contributed by atoms with van der Waals surface area (Å²) in [7, 11) is 5.60. The highest BCUT2D eigenvalue weighted by Crippen LogP contribution is 2.36. The van der Waals surface area contributed by atoms with Crippen LogP contribution in [0.3, 0.4) is 0 Å². The number of rotatable bonds is 5. The number of nitrogens with zero attached hydrogens (tertiary/aromatic N) is 4. The van der Waals surface area contributed by atoms with E-state index < -0.39 is 0 Å². The zero-order chi connectivity index (χ0) is 17.1. The van der Waals surface area contributed by atoms with Crippen LogP contribution in [0.15, 0.2) is 30.7 Å². The molecule has 1 aliphatic carbocycles. The monoisotopic (exact) mass is 326 g/mol. The Balaban J connectivity index is 1.60. The molecule has 2 heterocycles. The second-order valence-electron chi connectivity index (χ2n) is 6.19. The maximum Gasteiger partial charge on any atom is 0.255 e. The van der Waals surface area contributed by atoms with Crippen LogP contribution in [0.1, 0.15) is 34.8 Å². The summed E-state index contributed by atoms with van der Waals surface area (Å²) in [5, 5.41) is 6.11. The number of aromatic nitrogens is 3. The molecule has 7 heteroatoms. The van der Waals surface area contributed by atoms with Crippen LogP contribution >= 0.6 is 0 Å². The van der Waals surface area contributed by atoms with Gasteiger partial charge in [0.05, 0.1) is 5.56 Å². The molecule has 0 bridgehead atoms. The van der Waals surface area contributed by atoms with Crippen LogP contribution in [0.5, 0.6) is 0 Å². The zero-order valence-corrected chi connectivity index (χ0v) is 14.2. The molecule has 126 valence electrons. The minimum Gasteiger partial charge on any atom is -0.373 e. The second kappa shape index (κ2) is 6.82. The van der Waals surface area contributed by atoms with Crippen molar-refractivity contribution in [3.05, 3.63) is 42.0 Å². The van der Waals surface area contributed by atoms with Crippen molar-refractivity contribution in [1.29, 1.82) is 0 Å². The van der Waals surface area contributed by atoms with Crippen LogP contribution in [0.25, 0.3) is 0 Å². The van der Waals surface area contributed by atoms with Gasteiger partial charge in [0.15, 0.2) is 0 Å². The molecule has 0 radical (unpaired) electrons. The van der Waals surface area contributed by atoms with Crippen molar-refractivity contribution in [1.82, 2.24) is 20.3 Å². The van der Waals surface area contributed by atoms with E-state index in [2.05, 4.69) is 25.6 Å². The number of carbonyl (C=O) groups excluding carboxylic acids is 1. The molecule has 1 saturated carbocycles. The standard InChI is InChI=1S/C17H22N6O/c1-18-15-9-14(20-10-21-15)11-7-12(8-11)22-17(24)13-5-4-6-19-16(13)23(2)3/h4-6,9-12H,7-8H2,1-3H3,(H,22,24)(H,18,20,21). The molecule has 0 aliphatic heterocycles. The molecule has 3 rings (SSSR count). The summed E-state index contributed by atoms with van der Waals surface area (Å²) >= 11 is 0. The van der Waals surface area contributed by atoms with Crippen molar-refractivity contribution in [3.8, 4) is 0 Å². The summed E-state index contributed by atoms with van der Waals surface area (Å²) < 4.78 is 0. The molecule has 2 aromatic heterocycles. The molecule has 24 heavy (non-hydrogen) atoms. The minimum absolute atomic E-state index is 0.0751. The van der Waals surface area contributed by atoms with Crippen molar-refractivity contribution in [2.24, 2.45) is 0 Å². The molecule has 7 nitrogen and oxygen atoms in total. The predicted molar refractivity (Wildman–Crippen MR) is 93.4 cm³/mol. The van der Waals surface area contributed by atoms with Gasteiger partial charge in [-0.1, -0.05) is 0 Å². The van der Waals surface area contributed by atoms with Gasteiger partial charge in [0.2, 0.25) is 0 Å². The first-order chi connectivity index (χ1) is 11.6. The van der Waals surface area contributed by atoms with Crippen LogP contribution in [0.4, 0.5) is 11.6 Å². The Kier molecular flexibility index (Phi) is 4.59. The summed E-state index contributed by atoms with van der Waals surface area (Å²) in [6.07, 6.45) is 5.05. The first-order valence-electron chi connectivity index (χ1n) is 8.01. The normalized spacial score (nSPS) is 19.3. The van der Waals surface area contributed by atoms with E-state index in [1.165, 1.54) is 0 Å². The Morgan fingerprint density at radius 2 is 2.04 bits per heavy atom. The molecule has 0 saturated heterocycles. The number of carbonyl (C=O) groups is 1. The van der Waals surface area contributed by atoms with Gasteiger partial charge in [-0.2, -0.15) is 0 Å². The third kappa shape index (κ3) is 3.29. The van der Waals surface area contributed by atoms with Crippen LogP contribution in [0, 0.1) is 0 Å². The van der Waals surface area contributed by atoms with Crippen LogP contribution in [-0.4, -0.2) is 48.0 Å². The highest BCUT2D eigenvalue weighted by atomic mass is 16.1. The van der Waals surface area contributed by atoms with Crippen LogP contribution in [-0.2, 0) is 0 Å². The van der Waals surface area contributed by atoms with Crippen LogP contribution < -0.4 is 15.5 Å². The molecule has 2 aromatic rings. The van der Waals surface area contributed by atoms with Gasteiger partial charge in [0.1, 0.15) is 18.0 Å². The van der Waals surface area contributed by atoms with E-state index >= 15 is 0 Å². The lowest BCUT2D eigenvalue weighted by Gasteiger charge is -2.35. The maximum absolute atomic E-state index is 12.5. The molecular formula is C17H22N6O. The lowest BCUT2D eigenvalue weighted by Crippen LogP contribution is -2.44. The van der Waals surface area contributed by atoms with Gasteiger partial charge in [-0.25, -0.2) is 15.0 Å². The average Bonchev–Trinajstić information content (AvgIpc) is 2.57. The van der Waals surface area contributed by atoms with Gasteiger partial charge in [-0.15, -0.1) is 0 Å². The fourth-order valence-electron chi connectivity index (χ4n) is 2.90. The number of nitrogens with one attached hydrogen (secondary N) is 2. The topological polar surface area (TPSA) is 83.0 Å². The smallest absolute Gasteiger partial charge is 0.255 e. The van der Waals surface area contributed by atoms with E-state index in [0.717, 1.165) is 24.4 Å². The summed E-state index contributed by atoms with van der Waals surface area (Å²) in [5.41, 5.74) is 1.63. The summed E-state index contributed by atoms with van der Waals surface area (Å²) in [5.74, 6) is 1.79. The number of hydrogen-bond acceptors (Lipinski definition) is 6. The maximum atomic E-state index is 12.5. The van der Waals surface area contributed by atoms with Gasteiger partial charge in [-0.3, -0.25) is 4.79 Å². The molecule has 1 fully saturated rings. The quantitative estimate of drug-likeness (QED) is 0.869. The van der Waals surface area contributed by atoms with Gasteiger partial charge in [0.25, 0.3) is 5.91 Å². The van der Waals surface area contributed by atoms with Crippen LogP contribution in [0.2, 0.25) is 0 Å². The molecular weight excluding hydrogens is 304 g/mol. The Hall–Kier alpha value is -2.70. The summed E-state index contributed by atoms with van der Waals surface area (Å²) in [6.45, 7) is 0.